The van der Waals surface area contributed by atoms with E-state index in [1.807, 2.05) is 4.90 Å². The van der Waals surface area contributed by atoms with Crippen molar-refractivity contribution in [2.75, 3.05) is 56.0 Å². The summed E-state index contributed by atoms with van der Waals surface area (Å²) < 4.78 is 20.5. The van der Waals surface area contributed by atoms with Crippen LogP contribution in [0.4, 0.5) is 27.5 Å². The number of fused-ring (bicyclic) bond motifs is 1. The zero-order valence-electron chi connectivity index (χ0n) is 23.0. The normalized spacial score (nSPS) is 21.3. The second-order valence-corrected chi connectivity index (χ2v) is 10.8. The summed E-state index contributed by atoms with van der Waals surface area (Å²) in [6, 6.07) is 5.49. The molecule has 1 unspecified atom stereocenters. The predicted molar refractivity (Wildman–Crippen MR) is 149 cm³/mol. The number of methoxy groups -OCH3 is 1. The number of aromatic nitrogens is 2. The summed E-state index contributed by atoms with van der Waals surface area (Å²) in [4.78, 5) is 40.2. The van der Waals surface area contributed by atoms with E-state index in [4.69, 9.17) is 9.72 Å². The lowest BCUT2D eigenvalue weighted by Gasteiger charge is -2.35. The molecule has 2 N–H and O–H groups in total. The molecule has 1 aromatic heterocycles. The molecule has 0 radical (unpaired) electrons. The van der Waals surface area contributed by atoms with Gasteiger partial charge in [-0.05, 0) is 64.0 Å². The predicted octanol–water partition coefficient (Wildman–Crippen LogP) is 3.51. The van der Waals surface area contributed by atoms with Crippen molar-refractivity contribution in [2.24, 2.45) is 0 Å². The smallest absolute Gasteiger partial charge is 0.263 e. The number of amides is 2. The first-order valence-corrected chi connectivity index (χ1v) is 13.8. The number of anilines is 4. The Labute approximate surface area is 228 Å². The summed E-state index contributed by atoms with van der Waals surface area (Å²) in [7, 11) is 5.20. The lowest BCUT2D eigenvalue weighted by molar-refractivity contribution is -0.122. The number of hydrogen-bond acceptors (Lipinski definition) is 8. The van der Waals surface area contributed by atoms with Crippen molar-refractivity contribution in [3.8, 4) is 5.75 Å². The van der Waals surface area contributed by atoms with Gasteiger partial charge in [-0.1, -0.05) is 19.3 Å². The molecule has 1 saturated carbocycles. The molecule has 10 nitrogen and oxygen atoms in total. The first kappa shape index (κ1) is 27.1. The van der Waals surface area contributed by atoms with Crippen LogP contribution in [0.5, 0.6) is 5.75 Å². The van der Waals surface area contributed by atoms with Crippen LogP contribution in [0, 0.1) is 0 Å². The van der Waals surface area contributed by atoms with Crippen LogP contribution in [-0.2, 0) is 4.79 Å². The Balaban J connectivity index is 1.38. The number of carbonyl (C=O) groups is 2. The van der Waals surface area contributed by atoms with E-state index in [0.29, 0.717) is 34.5 Å². The summed E-state index contributed by atoms with van der Waals surface area (Å²) in [5.41, 5.74) is 1.60. The third-order valence-corrected chi connectivity index (χ3v) is 8.12. The molecule has 2 amide bonds. The second-order valence-electron chi connectivity index (χ2n) is 10.8. The van der Waals surface area contributed by atoms with Gasteiger partial charge in [-0.2, -0.15) is 4.98 Å². The van der Waals surface area contributed by atoms with Gasteiger partial charge in [0.15, 0.2) is 12.0 Å². The molecule has 2 fully saturated rings. The molecule has 11 heteroatoms. The Morgan fingerprint density at radius 1 is 1.10 bits per heavy atom. The molecular weight excluding hydrogens is 501 g/mol. The fourth-order valence-corrected chi connectivity index (χ4v) is 5.73. The number of nitrogens with one attached hydrogen (secondary N) is 2. The van der Waals surface area contributed by atoms with Gasteiger partial charge in [-0.3, -0.25) is 9.59 Å². The van der Waals surface area contributed by atoms with Gasteiger partial charge in [-0.25, -0.2) is 9.37 Å². The molecule has 0 spiro atoms. The van der Waals surface area contributed by atoms with Crippen molar-refractivity contribution < 1.29 is 18.7 Å². The molecule has 2 aliphatic heterocycles. The first-order valence-electron chi connectivity index (χ1n) is 13.8. The van der Waals surface area contributed by atoms with Crippen molar-refractivity contribution in [3.63, 3.8) is 0 Å². The van der Waals surface area contributed by atoms with Gasteiger partial charge in [0.05, 0.1) is 25.5 Å². The van der Waals surface area contributed by atoms with Crippen LogP contribution in [0.3, 0.4) is 0 Å². The number of hydrogen-bond donors (Lipinski definition) is 2. The highest BCUT2D eigenvalue weighted by Gasteiger charge is 2.36. The van der Waals surface area contributed by atoms with Crippen molar-refractivity contribution >= 4 is 35.0 Å². The van der Waals surface area contributed by atoms with Gasteiger partial charge in [0.2, 0.25) is 5.95 Å². The molecule has 1 aromatic carbocycles. The minimum Gasteiger partial charge on any atom is -0.495 e. The molecule has 1 saturated heterocycles. The van der Waals surface area contributed by atoms with Gasteiger partial charge in [0, 0.05) is 24.7 Å². The van der Waals surface area contributed by atoms with E-state index >= 15 is 0 Å². The number of halogens is 1. The Kier molecular flexibility index (Phi) is 8.15. The molecule has 5 rings (SSSR count). The molecule has 3 aliphatic rings. The molecule has 0 bridgehead atoms. The van der Waals surface area contributed by atoms with E-state index in [-0.39, 0.29) is 24.5 Å². The largest absolute Gasteiger partial charge is 0.495 e. The van der Waals surface area contributed by atoms with E-state index in [1.54, 1.807) is 38.6 Å². The first-order chi connectivity index (χ1) is 18.8. The number of piperidine rings is 1. The molecule has 210 valence electrons. The number of nitrogens with zero attached hydrogens (tertiary/aromatic N) is 5. The van der Waals surface area contributed by atoms with Gasteiger partial charge >= 0.3 is 0 Å². The Morgan fingerprint density at radius 3 is 2.56 bits per heavy atom. The lowest BCUT2D eigenvalue weighted by Crippen LogP contribution is -2.43. The number of carbonyl (C=O) groups excluding carboxylic acids is 2. The lowest BCUT2D eigenvalue weighted by atomic mass is 9.94. The SMILES string of the molecule is COc1cc(C(=O)NC2CCN(C)CC2)ccc1Nc1ncc2c(n1)N(C1CCCCC1)CC(F)C(=O)N2C. The summed E-state index contributed by atoms with van der Waals surface area (Å²) in [5, 5.41) is 6.33. The summed E-state index contributed by atoms with van der Waals surface area (Å²) in [5.74, 6) is 0.602. The highest BCUT2D eigenvalue weighted by molar-refractivity contribution is 6.00. The monoisotopic (exact) mass is 539 g/mol. The van der Waals surface area contributed by atoms with Gasteiger partial charge in [-0.15, -0.1) is 0 Å². The molecule has 1 aliphatic carbocycles. The van der Waals surface area contributed by atoms with Crippen molar-refractivity contribution in [1.29, 1.82) is 0 Å². The summed E-state index contributed by atoms with van der Waals surface area (Å²) in [6.07, 6.45) is 6.97. The van der Waals surface area contributed by atoms with Gasteiger partial charge in [0.25, 0.3) is 11.8 Å². The molecular formula is C28H38FN7O3. The Bertz CT molecular complexity index is 1200. The number of rotatable bonds is 6. The fraction of sp³-hybridized carbons (Fsp3) is 0.571. The fourth-order valence-electron chi connectivity index (χ4n) is 5.73. The van der Waals surface area contributed by atoms with Crippen LogP contribution in [0.15, 0.2) is 24.4 Å². The summed E-state index contributed by atoms with van der Waals surface area (Å²) >= 11 is 0. The van der Waals surface area contributed by atoms with Crippen molar-refractivity contribution in [2.45, 2.75) is 63.2 Å². The van der Waals surface area contributed by atoms with Crippen LogP contribution in [0.1, 0.15) is 55.3 Å². The second kappa shape index (κ2) is 11.7. The number of benzene rings is 1. The molecule has 1 atom stereocenters. The average molecular weight is 540 g/mol. The highest BCUT2D eigenvalue weighted by atomic mass is 19.1. The minimum absolute atomic E-state index is 0.0261. The van der Waals surface area contributed by atoms with Crippen LogP contribution in [-0.4, -0.2) is 85.8 Å². The average Bonchev–Trinajstić information content (AvgIpc) is 3.05. The zero-order chi connectivity index (χ0) is 27.5. The third kappa shape index (κ3) is 5.93. The third-order valence-electron chi connectivity index (χ3n) is 8.12. The maximum atomic E-state index is 14.9. The molecule has 2 aromatic rings. The van der Waals surface area contributed by atoms with E-state index in [9.17, 15) is 14.0 Å². The maximum Gasteiger partial charge on any atom is 0.263 e. The van der Waals surface area contributed by atoms with Gasteiger partial charge in [0.1, 0.15) is 11.4 Å². The molecule has 3 heterocycles. The van der Waals surface area contributed by atoms with Crippen LogP contribution in [0.25, 0.3) is 0 Å². The minimum atomic E-state index is -1.63. The standard InChI is InChI=1S/C28H38FN7O3/c1-34-13-11-19(12-14-34)31-26(37)18-9-10-22(24(15-18)39-3)32-28-30-16-23-25(33-28)36(20-7-5-4-6-8-20)17-21(29)27(38)35(23)2/h9-10,15-16,19-21H,4-8,11-14,17H2,1-3H3,(H,31,37)(H,30,32,33). The van der Waals surface area contributed by atoms with E-state index in [2.05, 4.69) is 27.6 Å². The van der Waals surface area contributed by atoms with Gasteiger partial charge < -0.3 is 30.1 Å². The number of alkyl halides is 1. The quantitative estimate of drug-likeness (QED) is 0.575. The van der Waals surface area contributed by atoms with Crippen LogP contribution < -0.4 is 25.2 Å². The van der Waals surface area contributed by atoms with Crippen molar-refractivity contribution in [1.82, 2.24) is 20.2 Å². The Hall–Kier alpha value is -3.47. The number of likely N-dealkylation sites (tertiary alicyclic amines) is 1. The highest BCUT2D eigenvalue weighted by Crippen LogP contribution is 2.37. The zero-order valence-corrected chi connectivity index (χ0v) is 23.0. The van der Waals surface area contributed by atoms with E-state index in [0.717, 1.165) is 58.0 Å². The number of ether oxygens (including phenoxy) is 1. The van der Waals surface area contributed by atoms with E-state index in [1.165, 1.54) is 4.90 Å². The maximum absolute atomic E-state index is 14.9. The topological polar surface area (TPSA) is 103 Å². The Morgan fingerprint density at radius 2 is 1.85 bits per heavy atom. The summed E-state index contributed by atoms with van der Waals surface area (Å²) in [6.45, 7) is 1.90. The van der Waals surface area contributed by atoms with Crippen LogP contribution >= 0.6 is 0 Å². The molecule has 39 heavy (non-hydrogen) atoms. The van der Waals surface area contributed by atoms with Crippen molar-refractivity contribution in [3.05, 3.63) is 30.0 Å². The van der Waals surface area contributed by atoms with Crippen LogP contribution in [0.2, 0.25) is 0 Å². The van der Waals surface area contributed by atoms with E-state index < -0.39 is 12.1 Å².